The van der Waals surface area contributed by atoms with Crippen LogP contribution in [-0.4, -0.2) is 0 Å². The van der Waals surface area contributed by atoms with Gasteiger partial charge < -0.3 is 0 Å². The second kappa shape index (κ2) is 5.87. The number of rotatable bonds is 0. The SMILES string of the molecule is Cc1ccc2c(c1)C1(c3ccccc3-c3ccccc31)c1cc(Cl)c3ccccc3c1-2. The van der Waals surface area contributed by atoms with E-state index in [0.29, 0.717) is 0 Å². The van der Waals surface area contributed by atoms with E-state index >= 15 is 0 Å². The van der Waals surface area contributed by atoms with Gasteiger partial charge in [0, 0.05) is 10.4 Å². The van der Waals surface area contributed by atoms with Gasteiger partial charge in [-0.3, -0.25) is 0 Å². The van der Waals surface area contributed by atoms with E-state index in [-0.39, 0.29) is 5.41 Å². The fourth-order valence-corrected chi connectivity index (χ4v) is 6.34. The van der Waals surface area contributed by atoms with Gasteiger partial charge in [0.15, 0.2) is 0 Å². The van der Waals surface area contributed by atoms with Crippen molar-refractivity contribution in [3.05, 3.63) is 130 Å². The number of fused-ring (bicyclic) bond motifs is 12. The molecule has 0 amide bonds. The minimum atomic E-state index is -0.336. The Labute approximate surface area is 186 Å². The Morgan fingerprint density at radius 3 is 1.87 bits per heavy atom. The molecule has 146 valence electrons. The van der Waals surface area contributed by atoms with Gasteiger partial charge in [0.1, 0.15) is 0 Å². The molecule has 7 rings (SSSR count). The third kappa shape index (κ3) is 1.97. The van der Waals surface area contributed by atoms with E-state index < -0.39 is 0 Å². The van der Waals surface area contributed by atoms with E-state index in [1.165, 1.54) is 55.5 Å². The van der Waals surface area contributed by atoms with E-state index in [1.807, 2.05) is 0 Å². The summed E-state index contributed by atoms with van der Waals surface area (Å²) in [6.45, 7) is 2.19. The van der Waals surface area contributed by atoms with Crippen LogP contribution >= 0.6 is 11.6 Å². The van der Waals surface area contributed by atoms with Crippen LogP contribution in [0.2, 0.25) is 5.02 Å². The lowest BCUT2D eigenvalue weighted by molar-refractivity contribution is 0.793. The van der Waals surface area contributed by atoms with E-state index in [2.05, 4.69) is 104 Å². The molecule has 0 aliphatic heterocycles. The third-order valence-corrected chi connectivity index (χ3v) is 7.51. The number of aryl methyl sites for hydroxylation is 1. The molecule has 0 heterocycles. The Morgan fingerprint density at radius 1 is 0.548 bits per heavy atom. The predicted octanol–water partition coefficient (Wildman–Crippen LogP) is 8.15. The topological polar surface area (TPSA) is 0 Å². The Bertz CT molecular complexity index is 1510. The first-order valence-corrected chi connectivity index (χ1v) is 11.1. The van der Waals surface area contributed by atoms with Gasteiger partial charge in [0.05, 0.1) is 5.41 Å². The molecule has 2 aliphatic rings. The Morgan fingerprint density at radius 2 is 1.16 bits per heavy atom. The molecule has 0 N–H and O–H groups in total. The fraction of sp³-hybridized carbons (Fsp3) is 0.0667. The molecule has 0 atom stereocenters. The molecular formula is C30H19Cl. The molecule has 5 aromatic carbocycles. The monoisotopic (exact) mass is 414 g/mol. The molecule has 5 aromatic rings. The molecule has 0 bridgehead atoms. The van der Waals surface area contributed by atoms with Gasteiger partial charge in [-0.25, -0.2) is 0 Å². The third-order valence-electron chi connectivity index (χ3n) is 7.20. The minimum Gasteiger partial charge on any atom is -0.0837 e. The van der Waals surface area contributed by atoms with Gasteiger partial charge >= 0.3 is 0 Å². The number of halogens is 1. The van der Waals surface area contributed by atoms with Crippen molar-refractivity contribution in [3.8, 4) is 22.3 Å². The molecular weight excluding hydrogens is 396 g/mol. The molecule has 0 nitrogen and oxygen atoms in total. The summed E-state index contributed by atoms with van der Waals surface area (Å²) in [7, 11) is 0. The zero-order valence-corrected chi connectivity index (χ0v) is 17.9. The second-order valence-corrected chi connectivity index (χ2v) is 9.12. The maximum Gasteiger partial charge on any atom is 0.0726 e. The average molecular weight is 415 g/mol. The van der Waals surface area contributed by atoms with Crippen LogP contribution in [0.15, 0.2) is 97.1 Å². The minimum absolute atomic E-state index is 0.336. The van der Waals surface area contributed by atoms with Crippen molar-refractivity contribution in [2.45, 2.75) is 12.3 Å². The van der Waals surface area contributed by atoms with Gasteiger partial charge in [-0.05, 0) is 62.9 Å². The van der Waals surface area contributed by atoms with E-state index in [9.17, 15) is 0 Å². The van der Waals surface area contributed by atoms with Crippen LogP contribution in [0.25, 0.3) is 33.0 Å². The highest BCUT2D eigenvalue weighted by Gasteiger charge is 2.52. The molecule has 0 fully saturated rings. The highest BCUT2D eigenvalue weighted by Crippen LogP contribution is 2.64. The summed E-state index contributed by atoms with van der Waals surface area (Å²) >= 11 is 6.93. The molecule has 0 saturated heterocycles. The Kier molecular flexibility index (Phi) is 3.28. The maximum absolute atomic E-state index is 6.93. The summed E-state index contributed by atoms with van der Waals surface area (Å²) in [6, 6.07) is 35.5. The first-order valence-electron chi connectivity index (χ1n) is 10.7. The largest absolute Gasteiger partial charge is 0.0837 e. The van der Waals surface area contributed by atoms with Crippen LogP contribution in [0.5, 0.6) is 0 Å². The van der Waals surface area contributed by atoms with Crippen molar-refractivity contribution in [1.82, 2.24) is 0 Å². The summed E-state index contributed by atoms with van der Waals surface area (Å²) in [5, 5.41) is 3.17. The molecule has 0 radical (unpaired) electrons. The van der Waals surface area contributed by atoms with Gasteiger partial charge in [-0.2, -0.15) is 0 Å². The van der Waals surface area contributed by atoms with Gasteiger partial charge in [-0.1, -0.05) is 108 Å². The smallest absolute Gasteiger partial charge is 0.0726 e. The molecule has 0 saturated carbocycles. The van der Waals surface area contributed by atoms with Crippen LogP contribution in [0.1, 0.15) is 27.8 Å². The summed E-state index contributed by atoms with van der Waals surface area (Å²) in [5.74, 6) is 0. The summed E-state index contributed by atoms with van der Waals surface area (Å²) < 4.78 is 0. The Balaban J connectivity index is 1.77. The van der Waals surface area contributed by atoms with Gasteiger partial charge in [0.2, 0.25) is 0 Å². The molecule has 1 heteroatoms. The zero-order chi connectivity index (χ0) is 20.7. The molecule has 0 unspecified atom stereocenters. The first kappa shape index (κ1) is 17.3. The number of hydrogen-bond donors (Lipinski definition) is 0. The van der Waals surface area contributed by atoms with Crippen LogP contribution in [0.4, 0.5) is 0 Å². The Hall–Kier alpha value is -3.35. The van der Waals surface area contributed by atoms with Crippen LogP contribution in [0, 0.1) is 6.92 Å². The van der Waals surface area contributed by atoms with Crippen LogP contribution < -0.4 is 0 Å². The van der Waals surface area contributed by atoms with Crippen molar-refractivity contribution in [2.75, 3.05) is 0 Å². The second-order valence-electron chi connectivity index (χ2n) is 8.72. The van der Waals surface area contributed by atoms with Gasteiger partial charge in [-0.15, -0.1) is 0 Å². The van der Waals surface area contributed by atoms with Crippen molar-refractivity contribution in [2.24, 2.45) is 0 Å². The van der Waals surface area contributed by atoms with Crippen LogP contribution in [-0.2, 0) is 5.41 Å². The predicted molar refractivity (Wildman–Crippen MR) is 130 cm³/mol. The van der Waals surface area contributed by atoms with Crippen LogP contribution in [0.3, 0.4) is 0 Å². The van der Waals surface area contributed by atoms with Crippen molar-refractivity contribution in [3.63, 3.8) is 0 Å². The fourth-order valence-electron chi connectivity index (χ4n) is 6.06. The molecule has 31 heavy (non-hydrogen) atoms. The lowest BCUT2D eigenvalue weighted by Gasteiger charge is -2.31. The first-order chi connectivity index (χ1) is 15.2. The summed E-state index contributed by atoms with van der Waals surface area (Å²) in [4.78, 5) is 0. The van der Waals surface area contributed by atoms with Gasteiger partial charge in [0.25, 0.3) is 0 Å². The summed E-state index contributed by atoms with van der Waals surface area (Å²) in [6.07, 6.45) is 0. The number of benzene rings is 5. The van der Waals surface area contributed by atoms with E-state index in [1.54, 1.807) is 0 Å². The zero-order valence-electron chi connectivity index (χ0n) is 17.1. The number of hydrogen-bond acceptors (Lipinski definition) is 0. The highest BCUT2D eigenvalue weighted by atomic mass is 35.5. The van der Waals surface area contributed by atoms with Crippen molar-refractivity contribution >= 4 is 22.4 Å². The highest BCUT2D eigenvalue weighted by molar-refractivity contribution is 6.36. The standard InChI is InChI=1S/C30H19Cl/c1-18-14-15-23-26(16-18)30(27-17-28(31)21-10-2-3-11-22(21)29(23)27)24-12-6-4-8-19(24)20-9-5-7-13-25(20)30/h2-17H,1H3. The van der Waals surface area contributed by atoms with E-state index in [4.69, 9.17) is 11.6 Å². The quantitative estimate of drug-likeness (QED) is 0.235. The van der Waals surface area contributed by atoms with E-state index in [0.717, 1.165) is 10.4 Å². The molecule has 0 aromatic heterocycles. The lowest BCUT2D eigenvalue weighted by Crippen LogP contribution is -2.26. The summed E-state index contributed by atoms with van der Waals surface area (Å²) in [5.41, 5.74) is 11.6. The average Bonchev–Trinajstić information content (AvgIpc) is 3.26. The van der Waals surface area contributed by atoms with Crippen molar-refractivity contribution < 1.29 is 0 Å². The van der Waals surface area contributed by atoms with Crippen molar-refractivity contribution in [1.29, 1.82) is 0 Å². The maximum atomic E-state index is 6.93. The lowest BCUT2D eigenvalue weighted by atomic mass is 9.70. The normalized spacial score (nSPS) is 14.4. The molecule has 1 spiro atoms. The molecule has 2 aliphatic carbocycles.